The molecule has 3 heteroatoms. The maximum absolute atomic E-state index is 9.02. The summed E-state index contributed by atoms with van der Waals surface area (Å²) >= 11 is 0. The van der Waals surface area contributed by atoms with Crippen molar-refractivity contribution in [2.75, 3.05) is 13.6 Å². The Labute approximate surface area is 129 Å². The molecule has 0 amide bonds. The highest BCUT2D eigenvalue weighted by molar-refractivity contribution is 5.86. The summed E-state index contributed by atoms with van der Waals surface area (Å²) in [6.45, 7) is 9.61. The monoisotopic (exact) mass is 290 g/mol. The second-order valence-electron chi connectivity index (χ2n) is 5.89. The number of hydrogen-bond donors (Lipinski definition) is 2. The highest BCUT2D eigenvalue weighted by Gasteiger charge is 2.17. The molecule has 1 aliphatic rings. The lowest BCUT2D eigenvalue weighted by Gasteiger charge is -2.21. The SMILES string of the molecule is CCCC(CNC)C(C)=NC1=C(C)CCC(/C=C\O)=C1C. The molecule has 0 saturated heterocycles. The Bertz CT molecular complexity index is 464. The third-order valence-electron chi connectivity index (χ3n) is 4.25. The van der Waals surface area contributed by atoms with Crippen LogP contribution in [0.4, 0.5) is 0 Å². The summed E-state index contributed by atoms with van der Waals surface area (Å²) in [5.41, 5.74) is 6.05. The number of hydrogen-bond acceptors (Lipinski definition) is 3. The zero-order valence-electron chi connectivity index (χ0n) is 14.2. The minimum Gasteiger partial charge on any atom is -0.516 e. The van der Waals surface area contributed by atoms with Gasteiger partial charge in [-0.2, -0.15) is 0 Å². The second kappa shape index (κ2) is 8.83. The van der Waals surface area contributed by atoms with Crippen LogP contribution < -0.4 is 5.32 Å². The molecule has 0 aromatic rings. The Morgan fingerprint density at radius 2 is 2.10 bits per heavy atom. The van der Waals surface area contributed by atoms with Crippen LogP contribution in [0.3, 0.4) is 0 Å². The fraction of sp³-hybridized carbons (Fsp3) is 0.611. The highest BCUT2D eigenvalue weighted by atomic mass is 16.2. The summed E-state index contributed by atoms with van der Waals surface area (Å²) in [5, 5.41) is 12.3. The van der Waals surface area contributed by atoms with Gasteiger partial charge in [0.15, 0.2) is 0 Å². The van der Waals surface area contributed by atoms with Crippen LogP contribution in [0.25, 0.3) is 0 Å². The van der Waals surface area contributed by atoms with Crippen molar-refractivity contribution in [3.8, 4) is 0 Å². The number of allylic oxidation sites excluding steroid dienone is 4. The van der Waals surface area contributed by atoms with E-state index in [2.05, 4.69) is 33.0 Å². The number of aliphatic hydroxyl groups excluding tert-OH is 1. The van der Waals surface area contributed by atoms with Crippen LogP contribution in [0.5, 0.6) is 0 Å². The Morgan fingerprint density at radius 3 is 2.67 bits per heavy atom. The van der Waals surface area contributed by atoms with Gasteiger partial charge in [-0.1, -0.05) is 13.3 Å². The van der Waals surface area contributed by atoms with Gasteiger partial charge in [0.05, 0.1) is 12.0 Å². The molecule has 0 saturated carbocycles. The predicted molar refractivity (Wildman–Crippen MR) is 91.8 cm³/mol. The molecule has 1 unspecified atom stereocenters. The largest absolute Gasteiger partial charge is 0.516 e. The van der Waals surface area contributed by atoms with E-state index in [0.29, 0.717) is 5.92 Å². The molecule has 0 bridgehead atoms. The molecular weight excluding hydrogens is 260 g/mol. The Morgan fingerprint density at radius 1 is 1.38 bits per heavy atom. The van der Waals surface area contributed by atoms with Crippen LogP contribution in [-0.4, -0.2) is 24.4 Å². The molecule has 0 spiro atoms. The van der Waals surface area contributed by atoms with E-state index >= 15 is 0 Å². The first-order valence-electron chi connectivity index (χ1n) is 7.95. The number of aliphatic hydroxyl groups is 1. The van der Waals surface area contributed by atoms with Crippen molar-refractivity contribution in [2.45, 2.75) is 53.4 Å². The number of rotatable bonds is 7. The van der Waals surface area contributed by atoms with Crippen LogP contribution >= 0.6 is 0 Å². The smallest absolute Gasteiger partial charge is 0.0794 e. The molecule has 3 nitrogen and oxygen atoms in total. The van der Waals surface area contributed by atoms with Crippen molar-refractivity contribution in [3.63, 3.8) is 0 Å². The minimum atomic E-state index is 0.492. The lowest BCUT2D eigenvalue weighted by atomic mass is 9.90. The molecule has 0 fully saturated rings. The molecule has 0 heterocycles. The lowest BCUT2D eigenvalue weighted by molar-refractivity contribution is 0.472. The van der Waals surface area contributed by atoms with Crippen LogP contribution in [0.2, 0.25) is 0 Å². The molecule has 118 valence electrons. The van der Waals surface area contributed by atoms with Gasteiger partial charge in [0, 0.05) is 18.2 Å². The standard InChI is InChI=1S/C18H30N2O/c1-6-7-17(12-19-5)15(4)20-18-13(2)8-9-16(10-11-21)14(18)3/h10-11,17,19,21H,6-9,12H2,1-5H3/b11-10-,20-15?. The number of aliphatic imine (C=N–C) groups is 1. The van der Waals surface area contributed by atoms with Crippen molar-refractivity contribution < 1.29 is 5.11 Å². The molecule has 1 atom stereocenters. The molecule has 0 aromatic heterocycles. The van der Waals surface area contributed by atoms with Crippen molar-refractivity contribution >= 4 is 5.71 Å². The molecule has 1 aliphatic carbocycles. The zero-order valence-corrected chi connectivity index (χ0v) is 14.2. The first-order valence-corrected chi connectivity index (χ1v) is 7.95. The van der Waals surface area contributed by atoms with E-state index in [9.17, 15) is 0 Å². The number of nitrogens with one attached hydrogen (secondary N) is 1. The minimum absolute atomic E-state index is 0.492. The lowest BCUT2D eigenvalue weighted by Crippen LogP contribution is -2.25. The van der Waals surface area contributed by atoms with Gasteiger partial charge in [0.1, 0.15) is 0 Å². The van der Waals surface area contributed by atoms with Crippen molar-refractivity contribution in [3.05, 3.63) is 34.8 Å². The quantitative estimate of drug-likeness (QED) is 0.534. The summed E-state index contributed by atoms with van der Waals surface area (Å²) < 4.78 is 0. The van der Waals surface area contributed by atoms with E-state index in [1.807, 2.05) is 7.05 Å². The van der Waals surface area contributed by atoms with E-state index in [4.69, 9.17) is 10.1 Å². The third-order valence-corrected chi connectivity index (χ3v) is 4.25. The van der Waals surface area contributed by atoms with E-state index in [1.54, 1.807) is 6.08 Å². The first-order chi connectivity index (χ1) is 10.0. The van der Waals surface area contributed by atoms with Crippen LogP contribution in [-0.2, 0) is 0 Å². The molecule has 0 aromatic carbocycles. The maximum atomic E-state index is 9.02. The molecule has 0 aliphatic heterocycles. The van der Waals surface area contributed by atoms with Crippen molar-refractivity contribution in [1.29, 1.82) is 0 Å². The van der Waals surface area contributed by atoms with Gasteiger partial charge in [-0.05, 0) is 69.9 Å². The molecule has 21 heavy (non-hydrogen) atoms. The van der Waals surface area contributed by atoms with E-state index in [1.165, 1.54) is 28.9 Å². The summed E-state index contributed by atoms with van der Waals surface area (Å²) in [6, 6.07) is 0. The molecule has 0 radical (unpaired) electrons. The average Bonchev–Trinajstić information content (AvgIpc) is 2.46. The topological polar surface area (TPSA) is 44.6 Å². The Kier molecular flexibility index (Phi) is 7.44. The zero-order chi connectivity index (χ0) is 15.8. The fourth-order valence-corrected chi connectivity index (χ4v) is 2.90. The fourth-order valence-electron chi connectivity index (χ4n) is 2.90. The van der Waals surface area contributed by atoms with Crippen molar-refractivity contribution in [2.24, 2.45) is 10.9 Å². The molecule has 2 N–H and O–H groups in total. The van der Waals surface area contributed by atoms with E-state index in [0.717, 1.165) is 37.8 Å². The van der Waals surface area contributed by atoms with Gasteiger partial charge in [-0.3, -0.25) is 4.99 Å². The van der Waals surface area contributed by atoms with Crippen molar-refractivity contribution in [1.82, 2.24) is 5.32 Å². The molecular formula is C18H30N2O. The highest BCUT2D eigenvalue weighted by Crippen LogP contribution is 2.32. The van der Waals surface area contributed by atoms with Crippen LogP contribution in [0.15, 0.2) is 39.7 Å². The summed E-state index contributed by atoms with van der Waals surface area (Å²) in [6.07, 6.45) is 7.27. The van der Waals surface area contributed by atoms with Gasteiger partial charge in [0.25, 0.3) is 0 Å². The van der Waals surface area contributed by atoms with Crippen LogP contribution in [0, 0.1) is 5.92 Å². The normalized spacial score (nSPS) is 18.8. The van der Waals surface area contributed by atoms with Crippen LogP contribution in [0.1, 0.15) is 53.4 Å². The van der Waals surface area contributed by atoms with Gasteiger partial charge in [-0.15, -0.1) is 0 Å². The van der Waals surface area contributed by atoms with E-state index < -0.39 is 0 Å². The van der Waals surface area contributed by atoms with Gasteiger partial charge in [0.2, 0.25) is 0 Å². The Balaban J connectivity index is 3.08. The maximum Gasteiger partial charge on any atom is 0.0794 e. The molecule has 1 rings (SSSR count). The summed E-state index contributed by atoms with van der Waals surface area (Å²) in [4.78, 5) is 4.95. The average molecular weight is 290 g/mol. The summed E-state index contributed by atoms with van der Waals surface area (Å²) in [5.74, 6) is 0.492. The number of nitrogens with zero attached hydrogens (tertiary/aromatic N) is 1. The van der Waals surface area contributed by atoms with Gasteiger partial charge in [-0.25, -0.2) is 0 Å². The van der Waals surface area contributed by atoms with Gasteiger partial charge >= 0.3 is 0 Å². The summed E-state index contributed by atoms with van der Waals surface area (Å²) in [7, 11) is 2.00. The van der Waals surface area contributed by atoms with E-state index in [-0.39, 0.29) is 0 Å². The van der Waals surface area contributed by atoms with Gasteiger partial charge < -0.3 is 10.4 Å². The predicted octanol–water partition coefficient (Wildman–Crippen LogP) is 4.54. The third kappa shape index (κ3) is 4.85. The second-order valence-corrected chi connectivity index (χ2v) is 5.89. The first kappa shape index (κ1) is 17.7. The Hall–Kier alpha value is -1.35.